The number of aromatic nitrogens is 4. The van der Waals surface area contributed by atoms with Gasteiger partial charge in [-0.25, -0.2) is 0 Å². The van der Waals surface area contributed by atoms with Crippen molar-refractivity contribution in [1.29, 1.82) is 0 Å². The van der Waals surface area contributed by atoms with E-state index in [4.69, 9.17) is 12.2 Å². The summed E-state index contributed by atoms with van der Waals surface area (Å²) in [4.78, 5) is 0. The number of hydrogen-bond donors (Lipinski definition) is 2. The van der Waals surface area contributed by atoms with Crippen molar-refractivity contribution in [3.05, 3.63) is 22.4 Å². The lowest BCUT2D eigenvalue weighted by atomic mass is 10.6. The van der Waals surface area contributed by atoms with Crippen molar-refractivity contribution in [2.24, 2.45) is 0 Å². The van der Waals surface area contributed by atoms with Gasteiger partial charge < -0.3 is 5.32 Å². The Kier molecular flexibility index (Phi) is 2.90. The fourth-order valence-electron chi connectivity index (χ4n) is 1.02. The van der Waals surface area contributed by atoms with Gasteiger partial charge in [-0.1, -0.05) is 11.3 Å². The summed E-state index contributed by atoms with van der Waals surface area (Å²) in [6, 6.07) is 1.90. The van der Waals surface area contributed by atoms with Crippen molar-refractivity contribution in [2.75, 3.05) is 11.9 Å². The molecule has 2 heterocycles. The van der Waals surface area contributed by atoms with Gasteiger partial charge in [0.1, 0.15) is 0 Å². The largest absolute Gasteiger partial charge is 0.358 e. The van der Waals surface area contributed by atoms with Crippen LogP contribution in [0.25, 0.3) is 0 Å². The zero-order chi connectivity index (χ0) is 9.80. The van der Waals surface area contributed by atoms with Crippen LogP contribution >= 0.6 is 23.6 Å². The SMILES string of the molecule is S=c1[nH]nc(NCCn2cccn2)s1. The molecule has 14 heavy (non-hydrogen) atoms. The van der Waals surface area contributed by atoms with E-state index in [0.717, 1.165) is 18.2 Å². The smallest absolute Gasteiger partial charge is 0.204 e. The molecule has 0 amide bonds. The molecular weight excluding hydrogens is 218 g/mol. The molecule has 0 aromatic carbocycles. The number of hydrogen-bond acceptors (Lipinski definition) is 5. The average Bonchev–Trinajstić information content (AvgIpc) is 2.77. The first-order valence-corrected chi connectivity index (χ1v) is 5.34. The second-order valence-corrected chi connectivity index (χ2v) is 4.28. The molecule has 0 radical (unpaired) electrons. The monoisotopic (exact) mass is 227 g/mol. The van der Waals surface area contributed by atoms with Gasteiger partial charge in [-0.05, 0) is 18.3 Å². The third-order valence-electron chi connectivity index (χ3n) is 1.61. The molecule has 0 bridgehead atoms. The number of nitrogens with one attached hydrogen (secondary N) is 2. The van der Waals surface area contributed by atoms with Crippen LogP contribution in [0.3, 0.4) is 0 Å². The molecule has 7 heteroatoms. The van der Waals surface area contributed by atoms with E-state index in [-0.39, 0.29) is 0 Å². The summed E-state index contributed by atoms with van der Waals surface area (Å²) in [6.07, 6.45) is 3.69. The predicted octanol–water partition coefficient (Wildman–Crippen LogP) is 1.51. The number of rotatable bonds is 4. The molecule has 5 nitrogen and oxygen atoms in total. The average molecular weight is 227 g/mol. The van der Waals surface area contributed by atoms with Crippen LogP contribution in [0.2, 0.25) is 0 Å². The van der Waals surface area contributed by atoms with Gasteiger partial charge in [0.25, 0.3) is 0 Å². The van der Waals surface area contributed by atoms with Gasteiger partial charge >= 0.3 is 0 Å². The molecule has 0 atom stereocenters. The number of nitrogens with zero attached hydrogens (tertiary/aromatic N) is 3. The second kappa shape index (κ2) is 4.34. The molecule has 0 aliphatic heterocycles. The van der Waals surface area contributed by atoms with Crippen LogP contribution < -0.4 is 5.32 Å². The van der Waals surface area contributed by atoms with Crippen LogP contribution in [0.15, 0.2) is 18.5 Å². The Morgan fingerprint density at radius 1 is 1.64 bits per heavy atom. The highest BCUT2D eigenvalue weighted by atomic mass is 32.1. The molecule has 2 aromatic rings. The van der Waals surface area contributed by atoms with E-state index in [1.165, 1.54) is 11.3 Å². The van der Waals surface area contributed by atoms with Gasteiger partial charge in [-0.15, -0.1) is 5.10 Å². The normalized spacial score (nSPS) is 10.3. The van der Waals surface area contributed by atoms with Crippen molar-refractivity contribution in [1.82, 2.24) is 20.0 Å². The first kappa shape index (κ1) is 9.35. The summed E-state index contributed by atoms with van der Waals surface area (Å²) in [7, 11) is 0. The second-order valence-electron chi connectivity index (χ2n) is 2.61. The maximum absolute atomic E-state index is 4.91. The molecule has 0 fully saturated rings. The summed E-state index contributed by atoms with van der Waals surface area (Å²) in [5, 5.41) is 14.8. The molecule has 0 aliphatic carbocycles. The van der Waals surface area contributed by atoms with Crippen LogP contribution in [0.1, 0.15) is 0 Å². The molecule has 0 saturated carbocycles. The maximum atomic E-state index is 4.91. The molecule has 0 unspecified atom stereocenters. The van der Waals surface area contributed by atoms with Crippen molar-refractivity contribution in [3.63, 3.8) is 0 Å². The maximum Gasteiger partial charge on any atom is 0.204 e. The van der Waals surface area contributed by atoms with Gasteiger partial charge in [-0.3, -0.25) is 9.78 Å². The lowest BCUT2D eigenvalue weighted by Crippen LogP contribution is -2.10. The van der Waals surface area contributed by atoms with E-state index in [9.17, 15) is 0 Å². The summed E-state index contributed by atoms with van der Waals surface area (Å²) in [6.45, 7) is 1.61. The van der Waals surface area contributed by atoms with Crippen LogP contribution in [-0.2, 0) is 6.54 Å². The standard InChI is InChI=1S/C7H9N5S2/c13-7-11-10-6(14-7)8-3-5-12-4-1-2-9-12/h1-2,4H,3,5H2,(H,8,10)(H,11,13). The molecule has 2 aromatic heterocycles. The van der Waals surface area contributed by atoms with Gasteiger partial charge in [0, 0.05) is 18.9 Å². The number of H-pyrrole nitrogens is 1. The minimum Gasteiger partial charge on any atom is -0.358 e. The summed E-state index contributed by atoms with van der Waals surface area (Å²) < 4.78 is 2.55. The van der Waals surface area contributed by atoms with Crippen molar-refractivity contribution < 1.29 is 0 Å². The zero-order valence-electron chi connectivity index (χ0n) is 7.30. The molecule has 0 aliphatic rings. The lowest BCUT2D eigenvalue weighted by Gasteiger charge is -2.01. The van der Waals surface area contributed by atoms with Crippen LogP contribution in [0.5, 0.6) is 0 Å². The molecule has 74 valence electrons. The van der Waals surface area contributed by atoms with E-state index in [2.05, 4.69) is 20.6 Å². The topological polar surface area (TPSA) is 58.5 Å². The van der Waals surface area contributed by atoms with Gasteiger partial charge in [0.2, 0.25) is 5.13 Å². The predicted molar refractivity (Wildman–Crippen MR) is 58.0 cm³/mol. The Morgan fingerprint density at radius 2 is 2.57 bits per heavy atom. The highest BCUT2D eigenvalue weighted by molar-refractivity contribution is 7.73. The zero-order valence-corrected chi connectivity index (χ0v) is 8.94. The summed E-state index contributed by atoms with van der Waals surface area (Å²) in [5.41, 5.74) is 0. The fourth-order valence-corrected chi connectivity index (χ4v) is 1.83. The van der Waals surface area contributed by atoms with Crippen LogP contribution in [0.4, 0.5) is 5.13 Å². The van der Waals surface area contributed by atoms with Gasteiger partial charge in [-0.2, -0.15) is 5.10 Å². The van der Waals surface area contributed by atoms with E-state index in [0.29, 0.717) is 3.95 Å². The fraction of sp³-hybridized carbons (Fsp3) is 0.286. The molecule has 2 N–H and O–H groups in total. The van der Waals surface area contributed by atoms with Crippen LogP contribution in [0, 0.1) is 3.95 Å². The van der Waals surface area contributed by atoms with Crippen molar-refractivity contribution in [2.45, 2.75) is 6.54 Å². The van der Waals surface area contributed by atoms with Gasteiger partial charge in [0.15, 0.2) is 3.95 Å². The quantitative estimate of drug-likeness (QED) is 0.777. The third-order valence-corrected chi connectivity index (χ3v) is 2.66. The Labute approximate surface area is 89.8 Å². The molecular formula is C7H9N5S2. The first-order chi connectivity index (χ1) is 6.84. The highest BCUT2D eigenvalue weighted by Crippen LogP contribution is 2.09. The van der Waals surface area contributed by atoms with Gasteiger partial charge in [0.05, 0.1) is 6.54 Å². The number of aromatic amines is 1. The highest BCUT2D eigenvalue weighted by Gasteiger charge is 1.95. The Bertz CT molecular complexity index is 429. The van der Waals surface area contributed by atoms with E-state index < -0.39 is 0 Å². The van der Waals surface area contributed by atoms with Crippen molar-refractivity contribution in [3.8, 4) is 0 Å². The first-order valence-electron chi connectivity index (χ1n) is 4.11. The number of anilines is 1. The molecule has 0 saturated heterocycles. The Hall–Kier alpha value is -1.21. The lowest BCUT2D eigenvalue weighted by molar-refractivity contribution is 0.637. The van der Waals surface area contributed by atoms with E-state index >= 15 is 0 Å². The minimum absolute atomic E-state index is 0.687. The summed E-state index contributed by atoms with van der Waals surface area (Å²) in [5.74, 6) is 0. The Balaban J connectivity index is 1.81. The Morgan fingerprint density at radius 3 is 3.21 bits per heavy atom. The summed E-state index contributed by atoms with van der Waals surface area (Å²) >= 11 is 6.34. The van der Waals surface area contributed by atoms with Crippen molar-refractivity contribution >= 4 is 28.7 Å². The van der Waals surface area contributed by atoms with E-state index in [1.807, 2.05) is 16.9 Å². The molecule has 2 rings (SSSR count). The van der Waals surface area contributed by atoms with E-state index in [1.54, 1.807) is 6.20 Å². The molecule has 0 spiro atoms. The third kappa shape index (κ3) is 2.39. The minimum atomic E-state index is 0.687. The van der Waals surface area contributed by atoms with Crippen LogP contribution in [-0.4, -0.2) is 26.5 Å².